The second-order valence-corrected chi connectivity index (χ2v) is 10.2. The number of carbonyl (C=O) groups excluding carboxylic acids is 3. The predicted molar refractivity (Wildman–Crippen MR) is 134 cm³/mol. The second-order valence-electron chi connectivity index (χ2n) is 9.78. The number of hydrogen-bond donors (Lipinski definition) is 2. The van der Waals surface area contributed by atoms with E-state index in [2.05, 4.69) is 10.3 Å². The Kier molecular flexibility index (Phi) is 7.99. The number of aromatic nitrogens is 2. The first-order chi connectivity index (χ1) is 16.4. The number of thiocarbonyl (C=S) groups is 1. The highest BCUT2D eigenvalue weighted by Crippen LogP contribution is 2.42. The lowest BCUT2D eigenvalue weighted by atomic mass is 9.67. The highest BCUT2D eigenvalue weighted by atomic mass is 32.1. The monoisotopic (exact) mass is 503 g/mol. The van der Waals surface area contributed by atoms with Gasteiger partial charge in [0.1, 0.15) is 30.4 Å². The fraction of sp³-hybridized carbons (Fsp3) is 0.542. The summed E-state index contributed by atoms with van der Waals surface area (Å²) in [4.78, 5) is 42.7. The fourth-order valence-corrected chi connectivity index (χ4v) is 4.66. The summed E-state index contributed by atoms with van der Waals surface area (Å²) in [7, 11) is 1.47. The minimum atomic E-state index is -0.817. The van der Waals surface area contributed by atoms with Gasteiger partial charge in [0.2, 0.25) is 5.91 Å². The third-order valence-electron chi connectivity index (χ3n) is 6.03. The Morgan fingerprint density at radius 3 is 2.74 bits per heavy atom. The second kappa shape index (κ2) is 10.6. The third-order valence-corrected chi connectivity index (χ3v) is 6.39. The van der Waals surface area contributed by atoms with Crippen molar-refractivity contribution >= 4 is 40.8 Å². The molecule has 2 aromatic heterocycles. The Bertz CT molecular complexity index is 1110. The Balaban J connectivity index is 1.67. The van der Waals surface area contributed by atoms with E-state index >= 15 is 0 Å². The fourth-order valence-electron chi connectivity index (χ4n) is 4.31. The number of hydrogen-bond acceptors (Lipinski definition) is 7. The Labute approximate surface area is 210 Å². The minimum Gasteiger partial charge on any atom is -0.460 e. The van der Waals surface area contributed by atoms with Crippen LogP contribution in [0.1, 0.15) is 52.0 Å². The van der Waals surface area contributed by atoms with Crippen LogP contribution >= 0.6 is 12.2 Å². The highest BCUT2D eigenvalue weighted by molar-refractivity contribution is 7.80. The number of nitrogens with one attached hydrogen (secondary N) is 1. The van der Waals surface area contributed by atoms with Gasteiger partial charge < -0.3 is 29.8 Å². The minimum absolute atomic E-state index is 0.264. The SMILES string of the molecule is CN(CC(=O)OC1CCCCC1(C(N)=S)c1ccc2nccn2c1)C(=O)CNC(=O)OC(C)(C)C. The molecule has 3 rings (SSSR count). The van der Waals surface area contributed by atoms with Crippen molar-refractivity contribution in [3.8, 4) is 0 Å². The number of nitrogens with zero attached hydrogens (tertiary/aromatic N) is 3. The molecule has 1 fully saturated rings. The highest BCUT2D eigenvalue weighted by Gasteiger charge is 2.47. The van der Waals surface area contributed by atoms with Crippen molar-refractivity contribution in [2.45, 2.75) is 63.6 Å². The molecule has 0 spiro atoms. The maximum atomic E-state index is 12.8. The summed E-state index contributed by atoms with van der Waals surface area (Å²) in [5.74, 6) is -1.03. The predicted octanol–water partition coefficient (Wildman–Crippen LogP) is 2.33. The number of likely N-dealkylation sites (N-methyl/N-ethyl adjacent to an activating group) is 1. The van der Waals surface area contributed by atoms with Crippen LogP contribution in [-0.2, 0) is 24.5 Å². The average molecular weight is 504 g/mol. The molecule has 1 aliphatic rings. The Morgan fingerprint density at radius 1 is 1.31 bits per heavy atom. The van der Waals surface area contributed by atoms with Crippen molar-refractivity contribution in [2.75, 3.05) is 20.1 Å². The number of nitrogens with two attached hydrogens (primary N) is 1. The van der Waals surface area contributed by atoms with E-state index in [-0.39, 0.29) is 18.1 Å². The van der Waals surface area contributed by atoms with E-state index in [4.69, 9.17) is 27.4 Å². The first-order valence-corrected chi connectivity index (χ1v) is 12.0. The lowest BCUT2D eigenvalue weighted by Gasteiger charge is -2.43. The number of ether oxygens (including phenoxy) is 2. The van der Waals surface area contributed by atoms with E-state index < -0.39 is 35.1 Å². The summed E-state index contributed by atoms with van der Waals surface area (Å²) in [5.41, 5.74) is 6.43. The van der Waals surface area contributed by atoms with E-state index in [1.165, 1.54) is 11.9 Å². The number of carbonyl (C=O) groups is 3. The van der Waals surface area contributed by atoms with Crippen molar-refractivity contribution in [1.29, 1.82) is 0 Å². The van der Waals surface area contributed by atoms with Crippen LogP contribution in [0.4, 0.5) is 4.79 Å². The quantitative estimate of drug-likeness (QED) is 0.435. The van der Waals surface area contributed by atoms with E-state index in [0.29, 0.717) is 12.8 Å². The molecule has 2 atom stereocenters. The summed E-state index contributed by atoms with van der Waals surface area (Å²) in [5, 5.41) is 2.39. The number of fused-ring (bicyclic) bond motifs is 1. The summed E-state index contributed by atoms with van der Waals surface area (Å²) in [6.45, 7) is 4.59. The Morgan fingerprint density at radius 2 is 2.06 bits per heavy atom. The lowest BCUT2D eigenvalue weighted by Crippen LogP contribution is -2.53. The first kappa shape index (κ1) is 26.4. The summed E-state index contributed by atoms with van der Waals surface area (Å²) in [6, 6.07) is 3.80. The van der Waals surface area contributed by atoms with Crippen LogP contribution in [0.2, 0.25) is 0 Å². The maximum absolute atomic E-state index is 12.8. The molecule has 3 N–H and O–H groups in total. The maximum Gasteiger partial charge on any atom is 0.408 e. The van der Waals surface area contributed by atoms with E-state index in [1.54, 1.807) is 27.0 Å². The van der Waals surface area contributed by atoms with Crippen LogP contribution < -0.4 is 11.1 Å². The molecular weight excluding hydrogens is 470 g/mol. The average Bonchev–Trinajstić information content (AvgIpc) is 3.24. The molecule has 190 valence electrons. The smallest absolute Gasteiger partial charge is 0.408 e. The van der Waals surface area contributed by atoms with Gasteiger partial charge in [-0.15, -0.1) is 0 Å². The van der Waals surface area contributed by atoms with Crippen LogP contribution in [-0.4, -0.2) is 69.1 Å². The third kappa shape index (κ3) is 6.27. The van der Waals surface area contributed by atoms with Gasteiger partial charge in [-0.3, -0.25) is 9.59 Å². The molecule has 1 saturated carbocycles. The molecule has 10 nitrogen and oxygen atoms in total. The normalized spacial score (nSPS) is 20.2. The molecule has 0 radical (unpaired) electrons. The van der Waals surface area contributed by atoms with Crippen LogP contribution in [0.3, 0.4) is 0 Å². The zero-order valence-electron chi connectivity index (χ0n) is 20.6. The number of amides is 2. The molecule has 0 bridgehead atoms. The molecule has 0 aliphatic heterocycles. The number of esters is 1. The van der Waals surface area contributed by atoms with Crippen molar-refractivity contribution in [1.82, 2.24) is 19.6 Å². The van der Waals surface area contributed by atoms with Crippen molar-refractivity contribution in [3.63, 3.8) is 0 Å². The van der Waals surface area contributed by atoms with Crippen LogP contribution in [0.15, 0.2) is 30.7 Å². The molecular formula is C24H33N5O5S. The molecule has 1 aliphatic carbocycles. The molecule has 2 amide bonds. The molecule has 2 aromatic rings. The van der Waals surface area contributed by atoms with E-state index in [1.807, 2.05) is 28.9 Å². The van der Waals surface area contributed by atoms with Crippen LogP contribution in [0, 0.1) is 0 Å². The molecule has 11 heteroatoms. The number of rotatable bonds is 7. The molecule has 2 heterocycles. The summed E-state index contributed by atoms with van der Waals surface area (Å²) in [6.07, 6.45) is 7.19. The number of alkyl carbamates (subject to hydrolysis) is 1. The van der Waals surface area contributed by atoms with Crippen LogP contribution in [0.25, 0.3) is 5.65 Å². The zero-order valence-corrected chi connectivity index (χ0v) is 21.4. The van der Waals surface area contributed by atoms with Gasteiger partial charge in [-0.05, 0) is 51.7 Å². The largest absolute Gasteiger partial charge is 0.460 e. The Hall–Kier alpha value is -3.21. The van der Waals surface area contributed by atoms with Crippen molar-refractivity contribution in [2.24, 2.45) is 5.73 Å². The summed E-state index contributed by atoms with van der Waals surface area (Å²) < 4.78 is 12.9. The molecule has 0 aromatic carbocycles. The van der Waals surface area contributed by atoms with Gasteiger partial charge in [0.15, 0.2) is 0 Å². The van der Waals surface area contributed by atoms with Gasteiger partial charge >= 0.3 is 12.1 Å². The molecule has 0 saturated heterocycles. The van der Waals surface area contributed by atoms with Crippen LogP contribution in [0.5, 0.6) is 0 Å². The van der Waals surface area contributed by atoms with E-state index in [9.17, 15) is 14.4 Å². The van der Waals surface area contributed by atoms with Crippen molar-refractivity contribution in [3.05, 3.63) is 36.3 Å². The van der Waals surface area contributed by atoms with Gasteiger partial charge in [0.25, 0.3) is 0 Å². The lowest BCUT2D eigenvalue weighted by molar-refractivity contribution is -0.156. The van der Waals surface area contributed by atoms with Gasteiger partial charge in [-0.25, -0.2) is 9.78 Å². The number of pyridine rings is 1. The number of imidazole rings is 1. The van der Waals surface area contributed by atoms with Gasteiger partial charge in [0, 0.05) is 25.6 Å². The van der Waals surface area contributed by atoms with Gasteiger partial charge in [0.05, 0.1) is 10.4 Å². The van der Waals surface area contributed by atoms with Gasteiger partial charge in [-0.2, -0.15) is 0 Å². The molecule has 2 unspecified atom stereocenters. The van der Waals surface area contributed by atoms with E-state index in [0.717, 1.165) is 24.1 Å². The van der Waals surface area contributed by atoms with Gasteiger partial charge in [-0.1, -0.05) is 24.7 Å². The standard InChI is InChI=1S/C24H33N5O5S/c1-23(2,3)34-22(32)27-13-19(30)28(4)15-20(31)33-17-7-5-6-10-24(17,21(25)35)16-8-9-18-26-11-12-29(18)14-16/h8-9,11-12,14,17H,5-7,10,13,15H2,1-4H3,(H2,25,35)(H,27,32). The molecule has 35 heavy (non-hydrogen) atoms. The zero-order chi connectivity index (χ0) is 25.8. The van der Waals surface area contributed by atoms with Crippen molar-refractivity contribution < 1.29 is 23.9 Å². The first-order valence-electron chi connectivity index (χ1n) is 11.6. The summed E-state index contributed by atoms with van der Waals surface area (Å²) >= 11 is 5.51. The topological polar surface area (TPSA) is 128 Å².